The number of nitrogens with zero attached hydrogens (tertiary/aromatic N) is 2. The van der Waals surface area contributed by atoms with E-state index in [0.29, 0.717) is 16.0 Å². The average molecular weight is 329 g/mol. The van der Waals surface area contributed by atoms with E-state index in [9.17, 15) is 9.59 Å². The van der Waals surface area contributed by atoms with Crippen molar-refractivity contribution in [2.24, 2.45) is 0 Å². The third-order valence-electron chi connectivity index (χ3n) is 3.21. The molecule has 0 saturated heterocycles. The highest BCUT2D eigenvalue weighted by molar-refractivity contribution is 7.18. The van der Waals surface area contributed by atoms with Crippen molar-refractivity contribution in [2.75, 3.05) is 12.0 Å². The number of aryl methyl sites for hydroxylation is 1. The Morgan fingerprint density at radius 3 is 2.87 bits per heavy atom. The first-order valence-electron chi connectivity index (χ1n) is 7.15. The second kappa shape index (κ2) is 6.62. The van der Waals surface area contributed by atoms with Crippen LogP contribution < -0.4 is 15.7 Å². The summed E-state index contributed by atoms with van der Waals surface area (Å²) < 4.78 is 6.43. The van der Waals surface area contributed by atoms with Crippen LogP contribution in [0.3, 0.4) is 0 Å². The van der Waals surface area contributed by atoms with Crippen molar-refractivity contribution >= 4 is 27.5 Å². The molecule has 1 aromatic carbocycles. The summed E-state index contributed by atoms with van der Waals surface area (Å²) in [5.74, 6) is 0.164. The number of benzene rings is 1. The molecule has 0 aliphatic carbocycles. The summed E-state index contributed by atoms with van der Waals surface area (Å²) >= 11 is 1.48. The van der Waals surface area contributed by atoms with Crippen LogP contribution in [-0.4, -0.2) is 22.2 Å². The zero-order valence-electron chi connectivity index (χ0n) is 12.5. The van der Waals surface area contributed by atoms with E-state index >= 15 is 0 Å². The first-order valence-corrected chi connectivity index (χ1v) is 7.97. The fourth-order valence-corrected chi connectivity index (χ4v) is 2.98. The van der Waals surface area contributed by atoms with E-state index in [0.717, 1.165) is 16.0 Å². The maximum atomic E-state index is 12.3. The number of amides is 1. The molecular formula is C16H15N3O3S. The summed E-state index contributed by atoms with van der Waals surface area (Å²) in [5, 5.41) is 0.513. The predicted octanol–water partition coefficient (Wildman–Crippen LogP) is 2.17. The number of nitrogens with one attached hydrogen (secondary N) is 1. The second-order valence-corrected chi connectivity index (χ2v) is 5.96. The molecule has 0 fully saturated rings. The number of fused-ring (bicyclic) bond motifs is 1. The minimum absolute atomic E-state index is 0.182. The molecule has 23 heavy (non-hydrogen) atoms. The van der Waals surface area contributed by atoms with Gasteiger partial charge < -0.3 is 4.74 Å². The fourth-order valence-electron chi connectivity index (χ4n) is 2.06. The molecule has 1 N–H and O–H groups in total. The van der Waals surface area contributed by atoms with E-state index in [1.165, 1.54) is 17.7 Å². The van der Waals surface area contributed by atoms with Crippen LogP contribution in [0.5, 0.6) is 5.75 Å². The topological polar surface area (TPSA) is 73.2 Å². The molecule has 0 aliphatic rings. The van der Waals surface area contributed by atoms with Crippen LogP contribution in [0.2, 0.25) is 0 Å². The van der Waals surface area contributed by atoms with Crippen molar-refractivity contribution < 1.29 is 9.53 Å². The molecule has 6 nitrogen and oxygen atoms in total. The van der Waals surface area contributed by atoms with Gasteiger partial charge in [0, 0.05) is 4.88 Å². The van der Waals surface area contributed by atoms with E-state index in [2.05, 4.69) is 10.4 Å². The molecular weight excluding hydrogens is 314 g/mol. The Kier molecular flexibility index (Phi) is 4.38. The van der Waals surface area contributed by atoms with Gasteiger partial charge in [0.1, 0.15) is 16.9 Å². The van der Waals surface area contributed by atoms with Crippen molar-refractivity contribution in [3.05, 3.63) is 58.0 Å². The monoisotopic (exact) mass is 329 g/mol. The molecule has 0 bridgehead atoms. The number of carbonyl (C=O) groups is 1. The van der Waals surface area contributed by atoms with Crippen LogP contribution in [0, 0.1) is 0 Å². The zero-order chi connectivity index (χ0) is 16.2. The van der Waals surface area contributed by atoms with Gasteiger partial charge in [0.25, 0.3) is 11.5 Å². The van der Waals surface area contributed by atoms with Gasteiger partial charge in [-0.3, -0.25) is 15.0 Å². The Balaban J connectivity index is 1.72. The third kappa shape index (κ3) is 3.40. The number of para-hydroxylation sites is 1. The Bertz CT molecular complexity index is 886. The Hall–Kier alpha value is -2.67. The number of ether oxygens (including phenoxy) is 1. The lowest BCUT2D eigenvalue weighted by Gasteiger charge is -2.08. The summed E-state index contributed by atoms with van der Waals surface area (Å²) in [7, 11) is 0. The molecule has 1 amide bonds. The van der Waals surface area contributed by atoms with E-state index in [-0.39, 0.29) is 12.2 Å². The van der Waals surface area contributed by atoms with E-state index in [1.54, 1.807) is 12.1 Å². The van der Waals surface area contributed by atoms with Crippen molar-refractivity contribution in [2.45, 2.75) is 13.3 Å². The van der Waals surface area contributed by atoms with Gasteiger partial charge in [0.2, 0.25) is 0 Å². The number of rotatable bonds is 5. The standard InChI is InChI=1S/C16H15N3O3S/c1-2-12-8-13-15(23-12)17-10-19(16(13)21)18-14(20)9-22-11-6-4-3-5-7-11/h3-8,10H,2,9H2,1H3,(H,18,20). The van der Waals surface area contributed by atoms with Gasteiger partial charge >= 0.3 is 0 Å². The predicted molar refractivity (Wildman–Crippen MR) is 89.6 cm³/mol. The summed E-state index contributed by atoms with van der Waals surface area (Å²) in [6.07, 6.45) is 2.17. The van der Waals surface area contributed by atoms with Gasteiger partial charge in [-0.25, -0.2) is 9.66 Å². The summed E-state index contributed by atoms with van der Waals surface area (Å²) in [4.78, 5) is 30.2. The fraction of sp³-hybridized carbons (Fsp3) is 0.188. The number of hydrogen-bond donors (Lipinski definition) is 1. The SMILES string of the molecule is CCc1cc2c(=O)n(NC(=O)COc3ccccc3)cnc2s1. The van der Waals surface area contributed by atoms with Gasteiger partial charge in [-0.1, -0.05) is 25.1 Å². The lowest BCUT2D eigenvalue weighted by atomic mass is 10.3. The molecule has 0 radical (unpaired) electrons. The highest BCUT2D eigenvalue weighted by Gasteiger charge is 2.10. The lowest BCUT2D eigenvalue weighted by molar-refractivity contribution is -0.119. The normalized spacial score (nSPS) is 10.7. The van der Waals surface area contributed by atoms with Crippen LogP contribution in [-0.2, 0) is 11.2 Å². The minimum Gasteiger partial charge on any atom is -0.484 e. The van der Waals surface area contributed by atoms with Gasteiger partial charge in [-0.2, -0.15) is 0 Å². The highest BCUT2D eigenvalue weighted by atomic mass is 32.1. The Labute approximate surface area is 136 Å². The number of aromatic nitrogens is 2. The van der Waals surface area contributed by atoms with Crippen molar-refractivity contribution in [3.63, 3.8) is 0 Å². The average Bonchev–Trinajstić information content (AvgIpc) is 3.01. The molecule has 3 rings (SSSR count). The van der Waals surface area contributed by atoms with Gasteiger partial charge in [-0.05, 0) is 24.6 Å². The lowest BCUT2D eigenvalue weighted by Crippen LogP contribution is -2.35. The summed E-state index contributed by atoms with van der Waals surface area (Å²) in [5.41, 5.74) is 2.19. The molecule has 2 aromatic heterocycles. The molecule has 2 heterocycles. The van der Waals surface area contributed by atoms with Crippen LogP contribution in [0.25, 0.3) is 10.2 Å². The van der Waals surface area contributed by atoms with Crippen molar-refractivity contribution in [1.82, 2.24) is 9.66 Å². The maximum Gasteiger partial charge on any atom is 0.280 e. The summed E-state index contributed by atoms with van der Waals surface area (Å²) in [6, 6.07) is 10.8. The summed E-state index contributed by atoms with van der Waals surface area (Å²) in [6.45, 7) is 1.84. The largest absolute Gasteiger partial charge is 0.484 e. The third-order valence-corrected chi connectivity index (χ3v) is 4.40. The van der Waals surface area contributed by atoms with Crippen molar-refractivity contribution in [3.8, 4) is 5.75 Å². The number of carbonyl (C=O) groups excluding carboxylic acids is 1. The molecule has 0 unspecified atom stereocenters. The molecule has 0 saturated carbocycles. The molecule has 3 aromatic rings. The van der Waals surface area contributed by atoms with Gasteiger partial charge in [-0.15, -0.1) is 11.3 Å². The zero-order valence-corrected chi connectivity index (χ0v) is 13.3. The van der Waals surface area contributed by atoms with Crippen LogP contribution in [0.15, 0.2) is 47.5 Å². The minimum atomic E-state index is -0.428. The quantitative estimate of drug-likeness (QED) is 0.778. The molecule has 0 aliphatic heterocycles. The first kappa shape index (κ1) is 15.2. The number of hydrogen-bond acceptors (Lipinski definition) is 5. The van der Waals surface area contributed by atoms with Crippen LogP contribution in [0.1, 0.15) is 11.8 Å². The highest BCUT2D eigenvalue weighted by Crippen LogP contribution is 2.20. The molecule has 7 heteroatoms. The van der Waals surface area contributed by atoms with Crippen LogP contribution in [0.4, 0.5) is 0 Å². The smallest absolute Gasteiger partial charge is 0.280 e. The molecule has 118 valence electrons. The maximum absolute atomic E-state index is 12.3. The van der Waals surface area contributed by atoms with Crippen LogP contribution >= 0.6 is 11.3 Å². The van der Waals surface area contributed by atoms with E-state index < -0.39 is 5.91 Å². The van der Waals surface area contributed by atoms with E-state index in [4.69, 9.17) is 4.74 Å². The van der Waals surface area contributed by atoms with Crippen molar-refractivity contribution in [1.29, 1.82) is 0 Å². The second-order valence-electron chi connectivity index (χ2n) is 4.84. The first-order chi connectivity index (χ1) is 11.2. The number of thiophene rings is 1. The van der Waals surface area contributed by atoms with Gasteiger partial charge in [0.05, 0.1) is 5.39 Å². The molecule has 0 atom stereocenters. The van der Waals surface area contributed by atoms with E-state index in [1.807, 2.05) is 31.2 Å². The van der Waals surface area contributed by atoms with Gasteiger partial charge in [0.15, 0.2) is 6.61 Å². The Morgan fingerprint density at radius 1 is 1.35 bits per heavy atom. The molecule has 0 spiro atoms. The Morgan fingerprint density at radius 2 is 2.13 bits per heavy atom.